The molecule has 0 fully saturated rings. The Morgan fingerprint density at radius 1 is 1.53 bits per heavy atom. The number of hydrazine groups is 1. The third-order valence-electron chi connectivity index (χ3n) is 3.01. The highest BCUT2D eigenvalue weighted by atomic mass is 79.9. The van der Waals surface area contributed by atoms with Gasteiger partial charge in [0.25, 0.3) is 0 Å². The summed E-state index contributed by atoms with van der Waals surface area (Å²) in [5, 5.41) is 4.09. The lowest BCUT2D eigenvalue weighted by atomic mass is 10.0. The molecule has 0 saturated carbocycles. The molecular formula is C12H15BrFN5. The molecule has 5 nitrogen and oxygen atoms in total. The molecule has 0 aliphatic rings. The zero-order valence-electron chi connectivity index (χ0n) is 10.4. The molecule has 0 aliphatic heterocycles. The first-order chi connectivity index (χ1) is 9.02. The Labute approximate surface area is 118 Å². The lowest BCUT2D eigenvalue weighted by Gasteiger charge is -2.15. The molecule has 0 bridgehead atoms. The topological polar surface area (TPSA) is 81.9 Å². The molecule has 7 heteroatoms. The highest BCUT2D eigenvalue weighted by molar-refractivity contribution is 9.10. The number of hydrogen-bond acceptors (Lipinski definition) is 4. The van der Waals surface area contributed by atoms with Gasteiger partial charge in [-0.2, -0.15) is 5.10 Å². The summed E-state index contributed by atoms with van der Waals surface area (Å²) in [7, 11) is 1.76. The van der Waals surface area contributed by atoms with Crippen molar-refractivity contribution in [2.75, 3.05) is 5.73 Å². The second kappa shape index (κ2) is 5.68. The van der Waals surface area contributed by atoms with Crippen LogP contribution in [-0.2, 0) is 13.5 Å². The largest absolute Gasteiger partial charge is 0.384 e. The van der Waals surface area contributed by atoms with Gasteiger partial charge in [0.2, 0.25) is 0 Å². The minimum atomic E-state index is -0.290. The van der Waals surface area contributed by atoms with E-state index in [1.165, 1.54) is 6.07 Å². The zero-order chi connectivity index (χ0) is 14.0. The number of hydrogen-bond donors (Lipinski definition) is 3. The normalized spacial score (nSPS) is 12.6. The number of aromatic nitrogens is 2. The molecule has 2 rings (SSSR count). The Morgan fingerprint density at radius 3 is 2.79 bits per heavy atom. The van der Waals surface area contributed by atoms with Crippen LogP contribution in [0, 0.1) is 5.82 Å². The fraction of sp³-hybridized carbons (Fsp3) is 0.250. The van der Waals surface area contributed by atoms with E-state index in [-0.39, 0.29) is 11.9 Å². The predicted molar refractivity (Wildman–Crippen MR) is 75.5 cm³/mol. The summed E-state index contributed by atoms with van der Waals surface area (Å²) >= 11 is 3.16. The minimum Gasteiger partial charge on any atom is -0.384 e. The standard InChI is InChI=1S/C12H15BrFN5/c1-19-12(15)8(6-17-19)11(18-16)5-7-2-3-10(14)9(13)4-7/h2-4,6,11,18H,5,15-16H2,1H3. The summed E-state index contributed by atoms with van der Waals surface area (Å²) < 4.78 is 15.2. The molecule has 19 heavy (non-hydrogen) atoms. The van der Waals surface area contributed by atoms with Crippen molar-refractivity contribution in [2.24, 2.45) is 12.9 Å². The minimum absolute atomic E-state index is 0.175. The number of nitrogens with zero attached hydrogens (tertiary/aromatic N) is 2. The van der Waals surface area contributed by atoms with Crippen LogP contribution >= 0.6 is 15.9 Å². The van der Waals surface area contributed by atoms with Crippen LogP contribution in [0.2, 0.25) is 0 Å². The average molecular weight is 328 g/mol. The monoisotopic (exact) mass is 327 g/mol. The Bertz CT molecular complexity index is 583. The smallest absolute Gasteiger partial charge is 0.137 e. The number of rotatable bonds is 4. The molecule has 5 N–H and O–H groups in total. The van der Waals surface area contributed by atoms with Gasteiger partial charge in [-0.15, -0.1) is 0 Å². The van der Waals surface area contributed by atoms with Crippen LogP contribution in [0.1, 0.15) is 17.2 Å². The van der Waals surface area contributed by atoms with E-state index in [0.29, 0.717) is 16.7 Å². The fourth-order valence-corrected chi connectivity index (χ4v) is 2.32. The number of nitrogens with two attached hydrogens (primary N) is 2. The Balaban J connectivity index is 2.24. The summed E-state index contributed by atoms with van der Waals surface area (Å²) in [6.07, 6.45) is 2.27. The molecule has 2 aromatic rings. The average Bonchev–Trinajstić information content (AvgIpc) is 2.72. The van der Waals surface area contributed by atoms with Gasteiger partial charge in [-0.25, -0.2) is 4.39 Å². The van der Waals surface area contributed by atoms with E-state index in [4.69, 9.17) is 11.6 Å². The van der Waals surface area contributed by atoms with Crippen LogP contribution in [0.15, 0.2) is 28.9 Å². The van der Waals surface area contributed by atoms with Crippen LogP contribution in [0.4, 0.5) is 10.2 Å². The van der Waals surface area contributed by atoms with E-state index in [9.17, 15) is 4.39 Å². The summed E-state index contributed by atoms with van der Waals surface area (Å²) in [5.74, 6) is 5.84. The van der Waals surface area contributed by atoms with Gasteiger partial charge in [0.05, 0.1) is 16.7 Å². The Morgan fingerprint density at radius 2 is 2.26 bits per heavy atom. The van der Waals surface area contributed by atoms with Gasteiger partial charge in [0.1, 0.15) is 11.6 Å². The van der Waals surface area contributed by atoms with Crippen LogP contribution in [0.5, 0.6) is 0 Å². The number of halogens is 2. The Kier molecular flexibility index (Phi) is 4.18. The first-order valence-corrected chi connectivity index (χ1v) is 6.49. The number of nitrogen functional groups attached to an aromatic ring is 1. The number of benzene rings is 1. The molecule has 1 aromatic carbocycles. The maximum atomic E-state index is 13.2. The van der Waals surface area contributed by atoms with Crippen molar-refractivity contribution in [1.82, 2.24) is 15.2 Å². The number of anilines is 1. The molecular weight excluding hydrogens is 313 g/mol. The molecule has 1 aromatic heterocycles. The van der Waals surface area contributed by atoms with E-state index < -0.39 is 0 Å². The van der Waals surface area contributed by atoms with E-state index in [2.05, 4.69) is 26.5 Å². The van der Waals surface area contributed by atoms with Gasteiger partial charge in [-0.1, -0.05) is 6.07 Å². The lowest BCUT2D eigenvalue weighted by molar-refractivity contribution is 0.551. The fourth-order valence-electron chi connectivity index (χ4n) is 1.89. The Hall–Kier alpha value is -1.44. The van der Waals surface area contributed by atoms with E-state index in [1.54, 1.807) is 30.1 Å². The summed E-state index contributed by atoms with van der Waals surface area (Å²) in [6, 6.07) is 4.69. The van der Waals surface area contributed by atoms with Gasteiger partial charge >= 0.3 is 0 Å². The molecule has 1 unspecified atom stereocenters. The van der Waals surface area contributed by atoms with Crippen molar-refractivity contribution >= 4 is 21.7 Å². The molecule has 0 amide bonds. The SMILES string of the molecule is Cn1ncc(C(Cc2ccc(F)c(Br)c2)NN)c1N. The molecule has 102 valence electrons. The highest BCUT2D eigenvalue weighted by Crippen LogP contribution is 2.24. The van der Waals surface area contributed by atoms with Crippen LogP contribution in [-0.4, -0.2) is 9.78 Å². The van der Waals surface area contributed by atoms with Crippen molar-refractivity contribution < 1.29 is 4.39 Å². The number of aryl methyl sites for hydroxylation is 1. The quantitative estimate of drug-likeness (QED) is 0.589. The molecule has 1 atom stereocenters. The third-order valence-corrected chi connectivity index (χ3v) is 3.62. The van der Waals surface area contributed by atoms with E-state index in [0.717, 1.165) is 11.1 Å². The maximum absolute atomic E-state index is 13.2. The maximum Gasteiger partial charge on any atom is 0.137 e. The molecule has 0 saturated heterocycles. The first-order valence-electron chi connectivity index (χ1n) is 5.70. The van der Waals surface area contributed by atoms with Gasteiger partial charge in [0.15, 0.2) is 0 Å². The van der Waals surface area contributed by atoms with E-state index in [1.807, 2.05) is 0 Å². The van der Waals surface area contributed by atoms with Crippen LogP contribution in [0.3, 0.4) is 0 Å². The molecule has 0 spiro atoms. The lowest BCUT2D eigenvalue weighted by Crippen LogP contribution is -2.30. The van der Waals surface area contributed by atoms with Gasteiger partial charge in [0, 0.05) is 12.6 Å². The molecule has 1 heterocycles. The second-order valence-corrected chi connectivity index (χ2v) is 5.13. The van der Waals surface area contributed by atoms with Gasteiger partial charge < -0.3 is 5.73 Å². The highest BCUT2D eigenvalue weighted by Gasteiger charge is 2.17. The van der Waals surface area contributed by atoms with Crippen molar-refractivity contribution in [2.45, 2.75) is 12.5 Å². The zero-order valence-corrected chi connectivity index (χ0v) is 12.0. The summed E-state index contributed by atoms with van der Waals surface area (Å²) in [6.45, 7) is 0. The van der Waals surface area contributed by atoms with Crippen molar-refractivity contribution in [3.05, 3.63) is 45.8 Å². The van der Waals surface area contributed by atoms with Crippen LogP contribution < -0.4 is 17.0 Å². The summed E-state index contributed by atoms with van der Waals surface area (Å²) in [4.78, 5) is 0. The van der Waals surface area contributed by atoms with Gasteiger partial charge in [-0.3, -0.25) is 16.0 Å². The first kappa shape index (κ1) is 14.0. The third kappa shape index (κ3) is 2.94. The second-order valence-electron chi connectivity index (χ2n) is 4.28. The predicted octanol–water partition coefficient (Wildman–Crippen LogP) is 1.65. The molecule has 0 radical (unpaired) electrons. The van der Waals surface area contributed by atoms with E-state index >= 15 is 0 Å². The summed E-state index contributed by atoms with van der Waals surface area (Å²) in [5.41, 5.74) is 10.4. The van der Waals surface area contributed by atoms with Crippen molar-refractivity contribution in [3.8, 4) is 0 Å². The van der Waals surface area contributed by atoms with Crippen molar-refractivity contribution in [1.29, 1.82) is 0 Å². The molecule has 0 aliphatic carbocycles. The van der Waals surface area contributed by atoms with Crippen LogP contribution in [0.25, 0.3) is 0 Å². The number of nitrogens with one attached hydrogen (secondary N) is 1. The van der Waals surface area contributed by atoms with Gasteiger partial charge in [-0.05, 0) is 40.0 Å². The van der Waals surface area contributed by atoms with Crippen molar-refractivity contribution in [3.63, 3.8) is 0 Å².